The third-order valence-corrected chi connectivity index (χ3v) is 3.14. The van der Waals surface area contributed by atoms with E-state index in [1.54, 1.807) is 0 Å². The minimum Gasteiger partial charge on any atom is -0.465 e. The Balaban J connectivity index is 2.09. The van der Waals surface area contributed by atoms with Crippen LogP contribution in [0, 0.1) is 0 Å². The minimum absolute atomic E-state index is 0.533. The summed E-state index contributed by atoms with van der Waals surface area (Å²) in [6, 6.07) is 7.99. The summed E-state index contributed by atoms with van der Waals surface area (Å²) in [5.41, 5.74) is 2.29. The van der Waals surface area contributed by atoms with E-state index in [1.807, 2.05) is 24.3 Å². The normalized spacial score (nSPS) is 18.1. The Morgan fingerprint density at radius 2 is 2.06 bits per heavy atom. The van der Waals surface area contributed by atoms with Gasteiger partial charge in [0.05, 0.1) is 0 Å². The Morgan fingerprint density at radius 1 is 1.38 bits per heavy atom. The Morgan fingerprint density at radius 3 is 2.62 bits per heavy atom. The van der Waals surface area contributed by atoms with E-state index in [9.17, 15) is 4.79 Å². The molecule has 0 radical (unpaired) electrons. The van der Waals surface area contributed by atoms with Crippen LogP contribution in [0.15, 0.2) is 34.3 Å². The number of amides is 1. The highest BCUT2D eigenvalue weighted by Crippen LogP contribution is 2.19. The van der Waals surface area contributed by atoms with Gasteiger partial charge in [0.15, 0.2) is 0 Å². The summed E-state index contributed by atoms with van der Waals surface area (Å²) in [4.78, 5) is 12.2. The van der Waals surface area contributed by atoms with Crippen LogP contribution in [0.1, 0.15) is 12.0 Å². The van der Waals surface area contributed by atoms with Gasteiger partial charge in [-0.15, -0.1) is 0 Å². The molecule has 0 spiro atoms. The molecular formula is C12H12BrNO2. The molecule has 0 unspecified atom stereocenters. The summed E-state index contributed by atoms with van der Waals surface area (Å²) in [6.45, 7) is 1.14. The molecule has 3 nitrogen and oxygen atoms in total. The van der Waals surface area contributed by atoms with Crippen molar-refractivity contribution in [1.82, 2.24) is 4.90 Å². The van der Waals surface area contributed by atoms with Gasteiger partial charge in [0.1, 0.15) is 0 Å². The van der Waals surface area contributed by atoms with Crippen LogP contribution in [0.2, 0.25) is 0 Å². The molecule has 1 amide bonds. The summed E-state index contributed by atoms with van der Waals surface area (Å²) in [5, 5.41) is 8.83. The lowest BCUT2D eigenvalue weighted by Crippen LogP contribution is -2.25. The number of nitrogens with zero attached hydrogens (tertiary/aromatic N) is 1. The average molecular weight is 282 g/mol. The van der Waals surface area contributed by atoms with E-state index in [4.69, 9.17) is 5.11 Å². The summed E-state index contributed by atoms with van der Waals surface area (Å²) >= 11 is 3.38. The monoisotopic (exact) mass is 281 g/mol. The van der Waals surface area contributed by atoms with Crippen molar-refractivity contribution >= 4 is 28.1 Å². The van der Waals surface area contributed by atoms with E-state index in [2.05, 4.69) is 22.0 Å². The average Bonchev–Trinajstić information content (AvgIpc) is 2.70. The number of hydrogen-bond donors (Lipinski definition) is 1. The Hall–Kier alpha value is -1.29. The van der Waals surface area contributed by atoms with Gasteiger partial charge >= 0.3 is 6.09 Å². The van der Waals surface area contributed by atoms with Gasteiger partial charge in [-0.2, -0.15) is 0 Å². The minimum atomic E-state index is -0.834. The largest absolute Gasteiger partial charge is 0.465 e. The standard InChI is InChI=1S/C12H12BrNO2/c13-11-3-1-9(2-4-11)7-10-5-6-14(8-10)12(15)16/h1-4,7H,5-6,8H2,(H,15,16)/b10-7+. The molecule has 16 heavy (non-hydrogen) atoms. The highest BCUT2D eigenvalue weighted by atomic mass is 79.9. The van der Waals surface area contributed by atoms with E-state index in [-0.39, 0.29) is 0 Å². The van der Waals surface area contributed by atoms with Crippen LogP contribution in [0.3, 0.4) is 0 Å². The van der Waals surface area contributed by atoms with Gasteiger partial charge in [0, 0.05) is 17.6 Å². The second-order valence-corrected chi connectivity index (χ2v) is 4.72. The number of hydrogen-bond acceptors (Lipinski definition) is 1. The van der Waals surface area contributed by atoms with Crippen molar-refractivity contribution in [2.24, 2.45) is 0 Å². The van der Waals surface area contributed by atoms with Crippen LogP contribution in [-0.4, -0.2) is 29.2 Å². The van der Waals surface area contributed by atoms with Gasteiger partial charge < -0.3 is 10.0 Å². The zero-order valence-electron chi connectivity index (χ0n) is 8.69. The van der Waals surface area contributed by atoms with Crippen molar-refractivity contribution in [3.05, 3.63) is 39.9 Å². The van der Waals surface area contributed by atoms with Crippen molar-refractivity contribution in [2.45, 2.75) is 6.42 Å². The lowest BCUT2D eigenvalue weighted by Gasteiger charge is -2.08. The zero-order chi connectivity index (χ0) is 11.5. The summed E-state index contributed by atoms with van der Waals surface area (Å²) in [5.74, 6) is 0. The number of carboxylic acid groups (broad SMARTS) is 1. The fraction of sp³-hybridized carbons (Fsp3) is 0.250. The summed E-state index contributed by atoms with van der Waals surface area (Å²) in [6.07, 6.45) is 2.07. The maximum absolute atomic E-state index is 10.7. The Bertz CT molecular complexity index is 425. The topological polar surface area (TPSA) is 40.5 Å². The SMILES string of the molecule is O=C(O)N1CC/C(=C\c2ccc(Br)cc2)C1. The highest BCUT2D eigenvalue weighted by Gasteiger charge is 2.20. The second kappa shape index (κ2) is 4.70. The molecule has 1 fully saturated rings. The highest BCUT2D eigenvalue weighted by molar-refractivity contribution is 9.10. The van der Waals surface area contributed by atoms with Crippen molar-refractivity contribution in [2.75, 3.05) is 13.1 Å². The fourth-order valence-corrected chi connectivity index (χ4v) is 2.02. The molecule has 4 heteroatoms. The third kappa shape index (κ3) is 2.64. The Labute approximate surface area is 103 Å². The van der Waals surface area contributed by atoms with Gasteiger partial charge in [-0.25, -0.2) is 4.79 Å². The van der Waals surface area contributed by atoms with Crippen LogP contribution in [0.4, 0.5) is 4.79 Å². The van der Waals surface area contributed by atoms with Gasteiger partial charge in [-0.1, -0.05) is 34.1 Å². The van der Waals surface area contributed by atoms with Crippen molar-refractivity contribution in [3.63, 3.8) is 0 Å². The van der Waals surface area contributed by atoms with E-state index in [1.165, 1.54) is 10.5 Å². The fourth-order valence-electron chi connectivity index (χ4n) is 1.76. The molecular weight excluding hydrogens is 270 g/mol. The molecule has 1 aliphatic heterocycles. The Kier molecular flexibility index (Phi) is 3.29. The van der Waals surface area contributed by atoms with Crippen molar-refractivity contribution in [1.29, 1.82) is 0 Å². The molecule has 1 aromatic rings. The first kappa shape index (κ1) is 11.2. The van der Waals surface area contributed by atoms with Gasteiger partial charge in [-0.05, 0) is 29.7 Å². The van der Waals surface area contributed by atoms with E-state index in [0.29, 0.717) is 13.1 Å². The predicted molar refractivity (Wildman–Crippen MR) is 66.3 cm³/mol. The molecule has 1 saturated heterocycles. The number of likely N-dealkylation sites (tertiary alicyclic amines) is 1. The van der Waals surface area contributed by atoms with Crippen LogP contribution in [0.5, 0.6) is 0 Å². The summed E-state index contributed by atoms with van der Waals surface area (Å²) < 4.78 is 1.05. The van der Waals surface area contributed by atoms with Crippen LogP contribution in [0.25, 0.3) is 6.08 Å². The molecule has 84 valence electrons. The lowest BCUT2D eigenvalue weighted by molar-refractivity contribution is 0.156. The first-order valence-electron chi connectivity index (χ1n) is 5.08. The molecule has 1 N–H and O–H groups in total. The molecule has 1 heterocycles. The molecule has 0 aliphatic carbocycles. The van der Waals surface area contributed by atoms with Crippen LogP contribution < -0.4 is 0 Å². The molecule has 2 rings (SSSR count). The molecule has 1 aromatic carbocycles. The van der Waals surface area contributed by atoms with Gasteiger partial charge in [0.25, 0.3) is 0 Å². The number of rotatable bonds is 1. The lowest BCUT2D eigenvalue weighted by atomic mass is 10.1. The van der Waals surface area contributed by atoms with E-state index in [0.717, 1.165) is 16.5 Å². The first-order chi connectivity index (χ1) is 7.65. The van der Waals surface area contributed by atoms with Crippen LogP contribution >= 0.6 is 15.9 Å². The first-order valence-corrected chi connectivity index (χ1v) is 5.87. The van der Waals surface area contributed by atoms with Gasteiger partial charge in [-0.3, -0.25) is 0 Å². The second-order valence-electron chi connectivity index (χ2n) is 3.81. The number of halogens is 1. The van der Waals surface area contributed by atoms with E-state index >= 15 is 0 Å². The summed E-state index contributed by atoms with van der Waals surface area (Å²) in [7, 11) is 0. The van der Waals surface area contributed by atoms with Gasteiger partial charge in [0.2, 0.25) is 0 Å². The maximum atomic E-state index is 10.7. The molecule has 0 aromatic heterocycles. The smallest absolute Gasteiger partial charge is 0.407 e. The zero-order valence-corrected chi connectivity index (χ0v) is 10.3. The quantitative estimate of drug-likeness (QED) is 0.859. The molecule has 1 aliphatic rings. The molecule has 0 atom stereocenters. The molecule has 0 bridgehead atoms. The predicted octanol–water partition coefficient (Wildman–Crippen LogP) is 3.22. The third-order valence-electron chi connectivity index (χ3n) is 2.61. The van der Waals surface area contributed by atoms with Crippen molar-refractivity contribution < 1.29 is 9.90 Å². The maximum Gasteiger partial charge on any atom is 0.407 e. The van der Waals surface area contributed by atoms with Crippen molar-refractivity contribution in [3.8, 4) is 0 Å². The van der Waals surface area contributed by atoms with Crippen LogP contribution in [-0.2, 0) is 0 Å². The molecule has 0 saturated carbocycles. The number of carbonyl (C=O) groups is 1. The van der Waals surface area contributed by atoms with E-state index < -0.39 is 6.09 Å². The number of benzene rings is 1.